The lowest BCUT2D eigenvalue weighted by Crippen LogP contribution is -2.21. The number of benzene rings is 2. The molecule has 0 aliphatic carbocycles. The highest BCUT2D eigenvalue weighted by molar-refractivity contribution is 5.91. The number of hydrogen-bond acceptors (Lipinski definition) is 5. The summed E-state index contributed by atoms with van der Waals surface area (Å²) in [5.41, 5.74) is 3.61. The minimum absolute atomic E-state index is 0.0774. The van der Waals surface area contributed by atoms with Crippen LogP contribution < -0.4 is 15.0 Å². The van der Waals surface area contributed by atoms with E-state index in [2.05, 4.69) is 32.5 Å². The fourth-order valence-electron chi connectivity index (χ4n) is 3.07. The summed E-state index contributed by atoms with van der Waals surface area (Å²) in [5, 5.41) is 11.1. The summed E-state index contributed by atoms with van der Waals surface area (Å²) in [6.45, 7) is 2.80. The predicted molar refractivity (Wildman–Crippen MR) is 104 cm³/mol. The second-order valence-electron chi connectivity index (χ2n) is 6.46. The molecule has 0 radical (unpaired) electrons. The third-order valence-electron chi connectivity index (χ3n) is 4.47. The average Bonchev–Trinajstić information content (AvgIpc) is 3.12. The van der Waals surface area contributed by atoms with Crippen LogP contribution in [0.5, 0.6) is 5.75 Å². The highest BCUT2D eigenvalue weighted by Crippen LogP contribution is 2.32. The van der Waals surface area contributed by atoms with Gasteiger partial charge < -0.3 is 15.0 Å². The Kier molecular flexibility index (Phi) is 4.70. The number of para-hydroxylation sites is 1. The van der Waals surface area contributed by atoms with Gasteiger partial charge in [-0.25, -0.2) is 0 Å². The van der Waals surface area contributed by atoms with Gasteiger partial charge >= 0.3 is 0 Å². The second-order valence-corrected chi connectivity index (χ2v) is 6.46. The van der Waals surface area contributed by atoms with Crippen molar-refractivity contribution in [1.29, 1.82) is 0 Å². The zero-order valence-corrected chi connectivity index (χ0v) is 15.1. The number of amides is 1. The summed E-state index contributed by atoms with van der Waals surface area (Å²) in [6, 6.07) is 19.5. The molecule has 6 nitrogen and oxygen atoms in total. The molecule has 2 heterocycles. The molecule has 0 spiro atoms. The van der Waals surface area contributed by atoms with Crippen molar-refractivity contribution in [3.05, 3.63) is 71.8 Å². The van der Waals surface area contributed by atoms with Gasteiger partial charge in [0.1, 0.15) is 5.75 Å². The van der Waals surface area contributed by atoms with Gasteiger partial charge in [-0.05, 0) is 49.2 Å². The number of nitrogens with one attached hydrogen (secondary N) is 1. The van der Waals surface area contributed by atoms with Crippen LogP contribution in [0.1, 0.15) is 11.1 Å². The quantitative estimate of drug-likeness (QED) is 0.754. The number of carbonyl (C=O) groups is 1. The lowest BCUT2D eigenvalue weighted by molar-refractivity contribution is -0.118. The van der Waals surface area contributed by atoms with Crippen LogP contribution in [0.25, 0.3) is 0 Å². The number of hydrogen-bond donors (Lipinski definition) is 1. The lowest BCUT2D eigenvalue weighted by Gasteiger charge is -2.17. The van der Waals surface area contributed by atoms with Crippen molar-refractivity contribution in [2.45, 2.75) is 13.3 Å². The van der Waals surface area contributed by atoms with Gasteiger partial charge in [0, 0.05) is 12.2 Å². The molecule has 1 amide bonds. The Balaban J connectivity index is 1.35. The van der Waals surface area contributed by atoms with Crippen LogP contribution in [0.3, 0.4) is 0 Å². The van der Waals surface area contributed by atoms with Crippen LogP contribution in [0.4, 0.5) is 17.3 Å². The van der Waals surface area contributed by atoms with Crippen LogP contribution in [0, 0.1) is 6.92 Å². The summed E-state index contributed by atoms with van der Waals surface area (Å²) in [5.74, 6) is 1.56. The van der Waals surface area contributed by atoms with Gasteiger partial charge in [-0.3, -0.25) is 4.79 Å². The molecule has 0 fully saturated rings. The Morgan fingerprint density at radius 1 is 1.07 bits per heavy atom. The van der Waals surface area contributed by atoms with Crippen LogP contribution >= 0.6 is 0 Å². The van der Waals surface area contributed by atoms with Gasteiger partial charge in [0.15, 0.2) is 18.2 Å². The molecule has 27 heavy (non-hydrogen) atoms. The Bertz CT molecular complexity index is 939. The van der Waals surface area contributed by atoms with Crippen molar-refractivity contribution in [3.8, 4) is 5.75 Å². The standard InChI is InChI=1S/C21H20N4O2/c1-15-6-8-17(9-7-15)27-14-21(26)22-19-10-11-20(24-23-19)25-13-12-16-4-2-3-5-18(16)25/h2-11H,12-14H2,1H3,(H,22,23,26). The van der Waals surface area contributed by atoms with E-state index >= 15 is 0 Å². The van der Waals surface area contributed by atoms with Crippen LogP contribution in [-0.2, 0) is 11.2 Å². The minimum Gasteiger partial charge on any atom is -0.484 e. The van der Waals surface area contributed by atoms with E-state index in [1.54, 1.807) is 6.07 Å². The molecule has 3 aromatic rings. The van der Waals surface area contributed by atoms with Crippen molar-refractivity contribution >= 4 is 23.2 Å². The molecule has 0 saturated heterocycles. The van der Waals surface area contributed by atoms with Gasteiger partial charge in [-0.15, -0.1) is 10.2 Å². The smallest absolute Gasteiger partial charge is 0.263 e. The molecule has 136 valence electrons. The van der Waals surface area contributed by atoms with E-state index in [1.165, 1.54) is 5.56 Å². The van der Waals surface area contributed by atoms with E-state index in [0.717, 1.165) is 30.0 Å². The predicted octanol–water partition coefficient (Wildman–Crippen LogP) is 3.50. The normalized spacial score (nSPS) is 12.6. The molecule has 4 rings (SSSR count). The number of carbonyl (C=O) groups excluding carboxylic acids is 1. The number of fused-ring (bicyclic) bond motifs is 1. The molecule has 0 unspecified atom stereocenters. The number of anilines is 3. The van der Waals surface area contributed by atoms with Crippen molar-refractivity contribution in [3.63, 3.8) is 0 Å². The van der Waals surface area contributed by atoms with E-state index in [1.807, 2.05) is 49.4 Å². The zero-order valence-electron chi connectivity index (χ0n) is 15.1. The molecule has 0 atom stereocenters. The first-order valence-electron chi connectivity index (χ1n) is 8.87. The topological polar surface area (TPSA) is 67.3 Å². The summed E-state index contributed by atoms with van der Waals surface area (Å²) < 4.78 is 5.47. The monoisotopic (exact) mass is 360 g/mol. The van der Waals surface area contributed by atoms with E-state index < -0.39 is 0 Å². The molecule has 0 bridgehead atoms. The second kappa shape index (κ2) is 7.45. The summed E-state index contributed by atoms with van der Waals surface area (Å²) in [6.07, 6.45) is 0.993. The average molecular weight is 360 g/mol. The summed E-state index contributed by atoms with van der Waals surface area (Å²) >= 11 is 0. The fraction of sp³-hybridized carbons (Fsp3) is 0.190. The number of ether oxygens (including phenoxy) is 1. The summed E-state index contributed by atoms with van der Waals surface area (Å²) in [7, 11) is 0. The van der Waals surface area contributed by atoms with Gasteiger partial charge in [0.2, 0.25) is 0 Å². The molecule has 1 aliphatic heterocycles. The third kappa shape index (κ3) is 3.89. The first-order valence-corrected chi connectivity index (χ1v) is 8.87. The largest absolute Gasteiger partial charge is 0.484 e. The van der Waals surface area contributed by atoms with E-state index in [0.29, 0.717) is 11.6 Å². The van der Waals surface area contributed by atoms with Crippen LogP contribution in [-0.4, -0.2) is 29.3 Å². The van der Waals surface area contributed by atoms with Crippen LogP contribution in [0.2, 0.25) is 0 Å². The Labute approximate surface area is 157 Å². The first kappa shape index (κ1) is 17.0. The maximum atomic E-state index is 12.0. The maximum absolute atomic E-state index is 12.0. The highest BCUT2D eigenvalue weighted by atomic mass is 16.5. The molecule has 2 aromatic carbocycles. The van der Waals surface area contributed by atoms with E-state index in [4.69, 9.17) is 4.74 Å². The van der Waals surface area contributed by atoms with Crippen LogP contribution in [0.15, 0.2) is 60.7 Å². The van der Waals surface area contributed by atoms with Crippen molar-refractivity contribution in [2.75, 3.05) is 23.4 Å². The molecule has 6 heteroatoms. The zero-order chi connectivity index (χ0) is 18.6. The van der Waals surface area contributed by atoms with Gasteiger partial charge in [0.05, 0.1) is 0 Å². The van der Waals surface area contributed by atoms with Gasteiger partial charge in [-0.1, -0.05) is 35.9 Å². The molecular weight excluding hydrogens is 340 g/mol. The number of rotatable bonds is 5. The third-order valence-corrected chi connectivity index (χ3v) is 4.47. The number of nitrogens with zero attached hydrogens (tertiary/aromatic N) is 3. The van der Waals surface area contributed by atoms with Crippen molar-refractivity contribution < 1.29 is 9.53 Å². The number of aromatic nitrogens is 2. The fourth-order valence-corrected chi connectivity index (χ4v) is 3.07. The van der Waals surface area contributed by atoms with E-state index in [-0.39, 0.29) is 12.5 Å². The SMILES string of the molecule is Cc1ccc(OCC(=O)Nc2ccc(N3CCc4ccccc43)nn2)cc1. The van der Waals surface area contributed by atoms with Crippen molar-refractivity contribution in [2.24, 2.45) is 0 Å². The summed E-state index contributed by atoms with van der Waals surface area (Å²) in [4.78, 5) is 14.2. The lowest BCUT2D eigenvalue weighted by atomic mass is 10.2. The molecule has 1 N–H and O–H groups in total. The van der Waals surface area contributed by atoms with Crippen molar-refractivity contribution in [1.82, 2.24) is 10.2 Å². The van der Waals surface area contributed by atoms with E-state index in [9.17, 15) is 4.79 Å². The molecule has 0 saturated carbocycles. The van der Waals surface area contributed by atoms with Gasteiger partial charge in [-0.2, -0.15) is 0 Å². The molecule has 1 aliphatic rings. The first-order chi connectivity index (χ1) is 13.2. The Morgan fingerprint density at radius 2 is 1.89 bits per heavy atom. The minimum atomic E-state index is -0.274. The molecule has 1 aromatic heterocycles. The number of aryl methyl sites for hydroxylation is 1. The maximum Gasteiger partial charge on any atom is 0.263 e. The Morgan fingerprint density at radius 3 is 2.67 bits per heavy atom. The molecular formula is C21H20N4O2. The Hall–Kier alpha value is -3.41. The highest BCUT2D eigenvalue weighted by Gasteiger charge is 2.21. The van der Waals surface area contributed by atoms with Gasteiger partial charge in [0.25, 0.3) is 5.91 Å².